The molecule has 20 heavy (non-hydrogen) atoms. The van der Waals surface area contributed by atoms with Crippen molar-refractivity contribution < 1.29 is 13.0 Å². The summed E-state index contributed by atoms with van der Waals surface area (Å²) in [4.78, 5) is 8.43. The average molecular weight is 286 g/mol. The van der Waals surface area contributed by atoms with E-state index in [1.807, 2.05) is 30.3 Å². The molecule has 0 amide bonds. The molecule has 2 aromatic carbocycles. The first-order valence-electron chi connectivity index (χ1n) is 5.84. The Morgan fingerprint density at radius 2 is 1.70 bits per heavy atom. The molecule has 1 N–H and O–H groups in total. The summed E-state index contributed by atoms with van der Waals surface area (Å²) >= 11 is 0. The molecule has 100 valence electrons. The summed E-state index contributed by atoms with van der Waals surface area (Å²) in [7, 11) is -4.24. The van der Waals surface area contributed by atoms with Gasteiger partial charge in [-0.25, -0.2) is 4.98 Å². The number of hydrogen-bond donors (Lipinski definition) is 1. The Hall–Kier alpha value is -2.31. The third-order valence-corrected chi connectivity index (χ3v) is 3.73. The van der Waals surface area contributed by atoms with Crippen LogP contribution in [0.3, 0.4) is 0 Å². The van der Waals surface area contributed by atoms with E-state index < -0.39 is 10.1 Å². The molecule has 1 aromatic heterocycles. The minimum Gasteiger partial charge on any atom is -0.282 e. The van der Waals surface area contributed by atoms with Crippen LogP contribution in [0, 0.1) is 0 Å². The summed E-state index contributed by atoms with van der Waals surface area (Å²) in [6.45, 7) is 0. The first kappa shape index (κ1) is 12.7. The van der Waals surface area contributed by atoms with Crippen LogP contribution in [0.4, 0.5) is 0 Å². The number of benzene rings is 2. The fraction of sp³-hybridized carbons (Fsp3) is 0. The van der Waals surface area contributed by atoms with Gasteiger partial charge in [0.05, 0.1) is 27.8 Å². The molecule has 0 atom stereocenters. The van der Waals surface area contributed by atoms with E-state index in [4.69, 9.17) is 4.55 Å². The van der Waals surface area contributed by atoms with Crippen LogP contribution >= 0.6 is 0 Å². The fourth-order valence-electron chi connectivity index (χ4n) is 1.90. The first-order chi connectivity index (χ1) is 9.54. The third-order valence-electron chi connectivity index (χ3n) is 2.88. The fourth-order valence-corrected chi connectivity index (χ4v) is 2.40. The lowest BCUT2D eigenvalue weighted by molar-refractivity contribution is 0.483. The molecular formula is C14H10N2O3S. The van der Waals surface area contributed by atoms with Crippen molar-refractivity contribution in [3.8, 4) is 11.3 Å². The van der Waals surface area contributed by atoms with Gasteiger partial charge < -0.3 is 0 Å². The molecule has 0 bridgehead atoms. The van der Waals surface area contributed by atoms with E-state index in [1.54, 1.807) is 6.20 Å². The number of aromatic nitrogens is 2. The Morgan fingerprint density at radius 1 is 0.950 bits per heavy atom. The van der Waals surface area contributed by atoms with Gasteiger partial charge >= 0.3 is 0 Å². The normalized spacial score (nSPS) is 11.7. The molecule has 1 heterocycles. The van der Waals surface area contributed by atoms with Gasteiger partial charge in [0.1, 0.15) is 0 Å². The quantitative estimate of drug-likeness (QED) is 0.732. The van der Waals surface area contributed by atoms with Gasteiger partial charge in [-0.3, -0.25) is 9.54 Å². The van der Waals surface area contributed by atoms with Crippen molar-refractivity contribution in [1.29, 1.82) is 0 Å². The lowest BCUT2D eigenvalue weighted by Crippen LogP contribution is -1.98. The number of fused-ring (bicyclic) bond motifs is 1. The van der Waals surface area contributed by atoms with Gasteiger partial charge in [-0.1, -0.05) is 30.3 Å². The second kappa shape index (κ2) is 4.66. The lowest BCUT2D eigenvalue weighted by Gasteiger charge is -2.03. The second-order valence-electron chi connectivity index (χ2n) is 4.25. The van der Waals surface area contributed by atoms with Crippen molar-refractivity contribution in [1.82, 2.24) is 9.97 Å². The van der Waals surface area contributed by atoms with Crippen molar-refractivity contribution in [3.05, 3.63) is 54.7 Å². The van der Waals surface area contributed by atoms with Crippen LogP contribution in [0.2, 0.25) is 0 Å². The standard InChI is InChI=1S/C14H10N2O3S/c17-20(18,19)11-6-7-12-13(8-11)16-14(9-15-12)10-4-2-1-3-5-10/h1-9H,(H,17,18,19). The molecule has 0 saturated heterocycles. The Balaban J connectivity index is 2.19. The Labute approximate surface area is 115 Å². The van der Waals surface area contributed by atoms with Gasteiger partial charge in [-0.15, -0.1) is 0 Å². The molecule has 0 aliphatic rings. The molecule has 0 unspecified atom stereocenters. The second-order valence-corrected chi connectivity index (χ2v) is 5.67. The zero-order chi connectivity index (χ0) is 14.2. The van der Waals surface area contributed by atoms with Crippen molar-refractivity contribution in [2.75, 3.05) is 0 Å². The van der Waals surface area contributed by atoms with Gasteiger partial charge in [0.25, 0.3) is 10.1 Å². The molecule has 3 aromatic rings. The van der Waals surface area contributed by atoms with Crippen LogP contribution < -0.4 is 0 Å². The number of rotatable bonds is 2. The summed E-state index contributed by atoms with van der Waals surface area (Å²) in [5, 5.41) is 0. The van der Waals surface area contributed by atoms with Crippen LogP contribution in [0.15, 0.2) is 59.6 Å². The van der Waals surface area contributed by atoms with Crippen LogP contribution in [0.25, 0.3) is 22.3 Å². The van der Waals surface area contributed by atoms with E-state index in [0.29, 0.717) is 16.7 Å². The molecule has 0 fully saturated rings. The monoisotopic (exact) mass is 286 g/mol. The van der Waals surface area contributed by atoms with Crippen molar-refractivity contribution in [3.63, 3.8) is 0 Å². The van der Waals surface area contributed by atoms with Gasteiger partial charge in [0.15, 0.2) is 0 Å². The molecule has 0 aliphatic carbocycles. The molecule has 5 nitrogen and oxygen atoms in total. The summed E-state index contributed by atoms with van der Waals surface area (Å²) in [5.41, 5.74) is 2.52. The Kier molecular flexibility index (Phi) is 2.96. The Morgan fingerprint density at radius 3 is 2.40 bits per heavy atom. The molecule has 0 spiro atoms. The number of nitrogens with zero attached hydrogens (tertiary/aromatic N) is 2. The number of hydrogen-bond acceptors (Lipinski definition) is 4. The molecular weight excluding hydrogens is 276 g/mol. The zero-order valence-corrected chi connectivity index (χ0v) is 11.1. The topological polar surface area (TPSA) is 80.2 Å². The minimum absolute atomic E-state index is 0.190. The maximum absolute atomic E-state index is 11.1. The summed E-state index contributed by atoms with van der Waals surface area (Å²) in [6, 6.07) is 13.6. The highest BCUT2D eigenvalue weighted by atomic mass is 32.2. The molecule has 3 rings (SSSR count). The van der Waals surface area contributed by atoms with Crippen LogP contribution in [0.5, 0.6) is 0 Å². The SMILES string of the molecule is O=S(=O)(O)c1ccc2ncc(-c3ccccc3)nc2c1. The average Bonchev–Trinajstić information content (AvgIpc) is 2.46. The van der Waals surface area contributed by atoms with E-state index in [1.165, 1.54) is 18.2 Å². The van der Waals surface area contributed by atoms with Gasteiger partial charge in [-0.2, -0.15) is 8.42 Å². The highest BCUT2D eigenvalue weighted by Gasteiger charge is 2.11. The molecule has 0 saturated carbocycles. The van der Waals surface area contributed by atoms with E-state index in [2.05, 4.69) is 9.97 Å². The van der Waals surface area contributed by atoms with Crippen molar-refractivity contribution >= 4 is 21.2 Å². The molecule has 0 radical (unpaired) electrons. The maximum atomic E-state index is 11.1. The van der Waals surface area contributed by atoms with Gasteiger partial charge in [0, 0.05) is 5.56 Å². The smallest absolute Gasteiger partial charge is 0.282 e. The van der Waals surface area contributed by atoms with Gasteiger partial charge in [-0.05, 0) is 18.2 Å². The summed E-state index contributed by atoms with van der Waals surface area (Å²) in [5.74, 6) is 0. The lowest BCUT2D eigenvalue weighted by atomic mass is 10.1. The van der Waals surface area contributed by atoms with E-state index in [9.17, 15) is 8.42 Å². The first-order valence-corrected chi connectivity index (χ1v) is 7.28. The summed E-state index contributed by atoms with van der Waals surface area (Å²) < 4.78 is 31.3. The van der Waals surface area contributed by atoms with Crippen LogP contribution in [-0.4, -0.2) is 22.9 Å². The predicted octanol–water partition coefficient (Wildman–Crippen LogP) is 2.54. The molecule has 6 heteroatoms. The van der Waals surface area contributed by atoms with Gasteiger partial charge in [0.2, 0.25) is 0 Å². The summed E-state index contributed by atoms with van der Waals surface area (Å²) in [6.07, 6.45) is 1.63. The third kappa shape index (κ3) is 2.38. The van der Waals surface area contributed by atoms with Crippen molar-refractivity contribution in [2.45, 2.75) is 4.90 Å². The predicted molar refractivity (Wildman–Crippen MR) is 74.8 cm³/mol. The van der Waals surface area contributed by atoms with E-state index in [0.717, 1.165) is 5.56 Å². The zero-order valence-electron chi connectivity index (χ0n) is 10.3. The molecule has 0 aliphatic heterocycles. The van der Waals surface area contributed by atoms with E-state index >= 15 is 0 Å². The van der Waals surface area contributed by atoms with E-state index in [-0.39, 0.29) is 4.90 Å². The van der Waals surface area contributed by atoms with Crippen molar-refractivity contribution in [2.24, 2.45) is 0 Å². The minimum atomic E-state index is -4.24. The van der Waals surface area contributed by atoms with Crippen LogP contribution in [0.1, 0.15) is 0 Å². The Bertz CT molecular complexity index is 877. The highest BCUT2D eigenvalue weighted by molar-refractivity contribution is 7.85. The largest absolute Gasteiger partial charge is 0.294 e. The maximum Gasteiger partial charge on any atom is 0.294 e. The highest BCUT2D eigenvalue weighted by Crippen LogP contribution is 2.20. The van der Waals surface area contributed by atoms with Crippen LogP contribution in [-0.2, 0) is 10.1 Å².